The Balaban J connectivity index is 2.80. The topological polar surface area (TPSA) is 56.0 Å². The van der Waals surface area contributed by atoms with E-state index in [9.17, 15) is 4.79 Å². The smallest absolute Gasteiger partial charge is 0.251 e. The molecule has 0 aliphatic rings. The number of benzene rings is 1. The summed E-state index contributed by atoms with van der Waals surface area (Å²) in [4.78, 5) is 15.4. The minimum absolute atomic E-state index is 0.251. The molecule has 3 nitrogen and oxygen atoms in total. The molecule has 2 N–H and O–H groups in total. The number of rotatable bonds is 2. The molecule has 0 radical (unpaired) electrons. The molecule has 1 aromatic carbocycles. The molecule has 0 aliphatic carbocycles. The van der Waals surface area contributed by atoms with E-state index in [0.29, 0.717) is 10.9 Å². The van der Waals surface area contributed by atoms with Crippen LogP contribution in [0.15, 0.2) is 22.8 Å². The third kappa shape index (κ3) is 2.22. The van der Waals surface area contributed by atoms with Gasteiger partial charge in [0.05, 0.1) is 16.1 Å². The second-order valence-electron chi connectivity index (χ2n) is 4.40. The fraction of sp³-hybridized carbons (Fsp3) is 0.231. The van der Waals surface area contributed by atoms with Gasteiger partial charge in [-0.15, -0.1) is 0 Å². The fourth-order valence-electron chi connectivity index (χ4n) is 1.81. The summed E-state index contributed by atoms with van der Waals surface area (Å²) in [5.74, 6) is -0.222. The Morgan fingerprint density at radius 3 is 2.67 bits per heavy atom. The molecule has 0 atom stereocenters. The van der Waals surface area contributed by atoms with Crippen LogP contribution in [0.25, 0.3) is 10.9 Å². The number of carbonyl (C=O) groups is 1. The number of pyridine rings is 1. The van der Waals surface area contributed by atoms with Crippen molar-refractivity contribution in [2.75, 3.05) is 0 Å². The maximum atomic E-state index is 11.2. The molecule has 5 heteroatoms. The van der Waals surface area contributed by atoms with Crippen molar-refractivity contribution < 1.29 is 4.79 Å². The van der Waals surface area contributed by atoms with E-state index in [2.05, 4.69) is 34.8 Å². The number of carbonyl (C=O) groups excluding carboxylic acids is 1. The van der Waals surface area contributed by atoms with Crippen LogP contribution in [0.2, 0.25) is 5.02 Å². The van der Waals surface area contributed by atoms with Crippen LogP contribution in [-0.4, -0.2) is 10.9 Å². The number of amides is 1. The Hall–Kier alpha value is -1.13. The molecule has 2 rings (SSSR count). The summed E-state index contributed by atoms with van der Waals surface area (Å²) < 4.78 is 0.986. The molecule has 1 aromatic heterocycles. The van der Waals surface area contributed by atoms with Crippen LogP contribution in [0.5, 0.6) is 0 Å². The Labute approximate surface area is 118 Å². The lowest BCUT2D eigenvalue weighted by Crippen LogP contribution is -2.12. The van der Waals surface area contributed by atoms with Gasteiger partial charge in [0, 0.05) is 16.1 Å². The lowest BCUT2D eigenvalue weighted by molar-refractivity contribution is 0.100. The lowest BCUT2D eigenvalue weighted by atomic mass is 10.0. The first-order chi connectivity index (χ1) is 8.41. The summed E-state index contributed by atoms with van der Waals surface area (Å²) >= 11 is 9.72. The number of nitrogens with two attached hydrogens (primary N) is 1. The fourth-order valence-corrected chi connectivity index (χ4v) is 2.89. The molecule has 0 unspecified atom stereocenters. The summed E-state index contributed by atoms with van der Waals surface area (Å²) in [6.45, 7) is 4.18. The lowest BCUT2D eigenvalue weighted by Gasteiger charge is -2.11. The SMILES string of the molecule is CC(C)c1cc2c(Cl)c(C(N)=O)cnc2cc1Br. The number of hydrogen-bond donors (Lipinski definition) is 1. The van der Waals surface area contributed by atoms with Crippen LogP contribution < -0.4 is 5.73 Å². The van der Waals surface area contributed by atoms with Gasteiger partial charge in [0.2, 0.25) is 0 Å². The van der Waals surface area contributed by atoms with Crippen LogP contribution in [0.3, 0.4) is 0 Å². The first-order valence-electron chi connectivity index (χ1n) is 5.49. The Bertz CT molecular complexity index is 640. The van der Waals surface area contributed by atoms with E-state index in [1.54, 1.807) is 0 Å². The molecule has 0 saturated carbocycles. The zero-order valence-corrected chi connectivity index (χ0v) is 12.3. The van der Waals surface area contributed by atoms with E-state index in [4.69, 9.17) is 17.3 Å². The van der Waals surface area contributed by atoms with Crippen LogP contribution in [-0.2, 0) is 0 Å². The third-order valence-electron chi connectivity index (χ3n) is 2.81. The number of nitrogens with zero attached hydrogens (tertiary/aromatic N) is 1. The monoisotopic (exact) mass is 326 g/mol. The highest BCUT2D eigenvalue weighted by Crippen LogP contribution is 2.33. The average Bonchev–Trinajstić information content (AvgIpc) is 2.27. The second kappa shape index (κ2) is 4.86. The summed E-state index contributed by atoms with van der Waals surface area (Å²) in [6, 6.07) is 3.85. The number of primary amides is 1. The predicted molar refractivity (Wildman–Crippen MR) is 77.1 cm³/mol. The largest absolute Gasteiger partial charge is 0.366 e. The normalized spacial score (nSPS) is 11.2. The minimum atomic E-state index is -0.566. The number of fused-ring (bicyclic) bond motifs is 1. The van der Waals surface area contributed by atoms with Crippen LogP contribution in [0.4, 0.5) is 0 Å². The van der Waals surface area contributed by atoms with E-state index < -0.39 is 5.91 Å². The van der Waals surface area contributed by atoms with Crippen molar-refractivity contribution in [1.82, 2.24) is 4.98 Å². The molecule has 94 valence electrons. The second-order valence-corrected chi connectivity index (χ2v) is 5.63. The van der Waals surface area contributed by atoms with E-state index in [1.807, 2.05) is 12.1 Å². The summed E-state index contributed by atoms with van der Waals surface area (Å²) in [5, 5.41) is 1.11. The number of halogens is 2. The van der Waals surface area contributed by atoms with Gasteiger partial charge in [-0.25, -0.2) is 0 Å². The molecule has 0 saturated heterocycles. The molecule has 2 aromatic rings. The Morgan fingerprint density at radius 2 is 2.11 bits per heavy atom. The van der Waals surface area contributed by atoms with Gasteiger partial charge in [0.25, 0.3) is 5.91 Å². The van der Waals surface area contributed by atoms with E-state index in [1.165, 1.54) is 6.20 Å². The van der Waals surface area contributed by atoms with Gasteiger partial charge in [0.1, 0.15) is 0 Å². The highest BCUT2D eigenvalue weighted by molar-refractivity contribution is 9.10. The molecular weight excluding hydrogens is 316 g/mol. The van der Waals surface area contributed by atoms with Crippen molar-refractivity contribution in [1.29, 1.82) is 0 Å². The molecule has 18 heavy (non-hydrogen) atoms. The quantitative estimate of drug-likeness (QED) is 0.910. The van der Waals surface area contributed by atoms with Gasteiger partial charge in [0.15, 0.2) is 0 Å². The number of aromatic nitrogens is 1. The van der Waals surface area contributed by atoms with Crippen LogP contribution in [0.1, 0.15) is 35.7 Å². The first kappa shape index (κ1) is 13.3. The molecule has 1 heterocycles. The molecule has 0 bridgehead atoms. The molecular formula is C13H12BrClN2O. The van der Waals surface area contributed by atoms with Gasteiger partial charge in [-0.05, 0) is 23.6 Å². The minimum Gasteiger partial charge on any atom is -0.366 e. The summed E-state index contributed by atoms with van der Waals surface area (Å²) in [6.07, 6.45) is 1.41. The molecule has 0 fully saturated rings. The zero-order chi connectivity index (χ0) is 13.4. The molecule has 0 spiro atoms. The van der Waals surface area contributed by atoms with Gasteiger partial charge >= 0.3 is 0 Å². The van der Waals surface area contributed by atoms with Crippen molar-refractivity contribution in [2.45, 2.75) is 19.8 Å². The zero-order valence-electron chi connectivity index (χ0n) is 10.00. The third-order valence-corrected chi connectivity index (χ3v) is 3.90. The van der Waals surface area contributed by atoms with Crippen molar-refractivity contribution in [3.8, 4) is 0 Å². The maximum absolute atomic E-state index is 11.2. The maximum Gasteiger partial charge on any atom is 0.251 e. The summed E-state index contributed by atoms with van der Waals surface area (Å²) in [5.41, 5.74) is 7.37. The van der Waals surface area contributed by atoms with Crippen LogP contribution in [0, 0.1) is 0 Å². The van der Waals surface area contributed by atoms with Gasteiger partial charge in [-0.1, -0.05) is 41.4 Å². The molecule has 0 aliphatic heterocycles. The van der Waals surface area contributed by atoms with Crippen molar-refractivity contribution in [3.63, 3.8) is 0 Å². The van der Waals surface area contributed by atoms with Crippen molar-refractivity contribution in [2.24, 2.45) is 5.73 Å². The van der Waals surface area contributed by atoms with Crippen LogP contribution >= 0.6 is 27.5 Å². The average molecular weight is 328 g/mol. The van der Waals surface area contributed by atoms with E-state index in [-0.39, 0.29) is 5.56 Å². The van der Waals surface area contributed by atoms with Gasteiger partial charge in [-0.2, -0.15) is 0 Å². The van der Waals surface area contributed by atoms with Crippen molar-refractivity contribution in [3.05, 3.63) is 39.0 Å². The highest BCUT2D eigenvalue weighted by Gasteiger charge is 2.14. The Kier molecular flexibility index (Phi) is 3.59. The summed E-state index contributed by atoms with van der Waals surface area (Å²) in [7, 11) is 0. The Morgan fingerprint density at radius 1 is 1.44 bits per heavy atom. The van der Waals surface area contributed by atoms with E-state index >= 15 is 0 Å². The number of hydrogen-bond acceptors (Lipinski definition) is 2. The predicted octanol–water partition coefficient (Wildman–Crippen LogP) is 3.87. The highest BCUT2D eigenvalue weighted by atomic mass is 79.9. The standard InChI is InChI=1S/C13H12BrClN2O/c1-6(2)7-3-8-11(4-10(7)14)17-5-9(12(8)15)13(16)18/h3-6H,1-2H3,(H2,16,18). The van der Waals surface area contributed by atoms with Gasteiger partial charge in [-0.3, -0.25) is 9.78 Å². The van der Waals surface area contributed by atoms with Crippen molar-refractivity contribution >= 4 is 44.3 Å². The first-order valence-corrected chi connectivity index (χ1v) is 6.66. The van der Waals surface area contributed by atoms with E-state index in [0.717, 1.165) is 20.9 Å². The van der Waals surface area contributed by atoms with Gasteiger partial charge < -0.3 is 5.73 Å². The molecule has 1 amide bonds.